The summed E-state index contributed by atoms with van der Waals surface area (Å²) >= 11 is 0. The van der Waals surface area contributed by atoms with Crippen molar-refractivity contribution >= 4 is 29.9 Å². The van der Waals surface area contributed by atoms with Crippen LogP contribution >= 0.6 is 24.0 Å². The van der Waals surface area contributed by atoms with Crippen LogP contribution < -0.4 is 10.6 Å². The number of nitrogens with one attached hydrogen (secondary N) is 2. The average molecular weight is 415 g/mol. The van der Waals surface area contributed by atoms with Crippen LogP contribution in [0.1, 0.15) is 18.3 Å². The SMILES string of the molecule is CCNC(=NCc1ncnn1C)NCCc1cccnc1.I. The number of rotatable bonds is 6. The van der Waals surface area contributed by atoms with E-state index in [1.165, 1.54) is 11.9 Å². The Hall–Kier alpha value is -1.71. The van der Waals surface area contributed by atoms with E-state index >= 15 is 0 Å². The van der Waals surface area contributed by atoms with Gasteiger partial charge in [0.2, 0.25) is 0 Å². The van der Waals surface area contributed by atoms with Crippen molar-refractivity contribution in [1.82, 2.24) is 30.4 Å². The molecule has 0 radical (unpaired) electrons. The third-order valence-corrected chi connectivity index (χ3v) is 2.96. The van der Waals surface area contributed by atoms with E-state index in [4.69, 9.17) is 0 Å². The number of pyridine rings is 1. The Kier molecular flexibility index (Phi) is 8.41. The van der Waals surface area contributed by atoms with E-state index in [2.05, 4.69) is 36.8 Å². The molecule has 0 atom stereocenters. The van der Waals surface area contributed by atoms with E-state index in [9.17, 15) is 0 Å². The second kappa shape index (κ2) is 10.1. The highest BCUT2D eigenvalue weighted by Crippen LogP contribution is 1.96. The van der Waals surface area contributed by atoms with E-state index < -0.39 is 0 Å². The number of hydrogen-bond donors (Lipinski definition) is 2. The molecule has 22 heavy (non-hydrogen) atoms. The van der Waals surface area contributed by atoms with Crippen molar-refractivity contribution in [3.8, 4) is 0 Å². The second-order valence-electron chi connectivity index (χ2n) is 4.53. The first kappa shape index (κ1) is 18.3. The van der Waals surface area contributed by atoms with Crippen molar-refractivity contribution in [2.24, 2.45) is 12.0 Å². The third kappa shape index (κ3) is 5.96. The predicted octanol–water partition coefficient (Wildman–Crippen LogP) is 1.13. The molecule has 0 saturated carbocycles. The molecule has 0 bridgehead atoms. The molecule has 0 aliphatic rings. The maximum Gasteiger partial charge on any atom is 0.191 e. The van der Waals surface area contributed by atoms with Crippen LogP contribution in [-0.4, -0.2) is 38.8 Å². The minimum absolute atomic E-state index is 0. The quantitative estimate of drug-likeness (QED) is 0.420. The summed E-state index contributed by atoms with van der Waals surface area (Å²) < 4.78 is 1.72. The third-order valence-electron chi connectivity index (χ3n) is 2.96. The smallest absolute Gasteiger partial charge is 0.191 e. The molecule has 0 aliphatic heterocycles. The molecule has 2 aromatic heterocycles. The lowest BCUT2D eigenvalue weighted by Crippen LogP contribution is -2.38. The van der Waals surface area contributed by atoms with Crippen LogP contribution in [0.15, 0.2) is 35.8 Å². The molecule has 120 valence electrons. The van der Waals surface area contributed by atoms with Crippen molar-refractivity contribution in [2.45, 2.75) is 19.9 Å². The molecule has 2 aromatic rings. The van der Waals surface area contributed by atoms with Gasteiger partial charge >= 0.3 is 0 Å². The molecule has 2 heterocycles. The van der Waals surface area contributed by atoms with E-state index in [0.717, 1.165) is 31.3 Å². The van der Waals surface area contributed by atoms with Gasteiger partial charge in [0.1, 0.15) is 18.7 Å². The van der Waals surface area contributed by atoms with Gasteiger partial charge in [-0.15, -0.1) is 24.0 Å². The zero-order chi connectivity index (χ0) is 14.9. The fraction of sp³-hybridized carbons (Fsp3) is 0.429. The molecular formula is C14H22IN7. The van der Waals surface area contributed by atoms with Crippen LogP contribution in [0.2, 0.25) is 0 Å². The molecule has 7 nitrogen and oxygen atoms in total. The molecule has 0 saturated heterocycles. The Morgan fingerprint density at radius 1 is 1.36 bits per heavy atom. The average Bonchev–Trinajstić information content (AvgIpc) is 2.91. The Morgan fingerprint density at radius 2 is 2.23 bits per heavy atom. The zero-order valence-electron chi connectivity index (χ0n) is 12.9. The lowest BCUT2D eigenvalue weighted by atomic mass is 10.2. The summed E-state index contributed by atoms with van der Waals surface area (Å²) in [6.45, 7) is 4.16. The molecule has 2 rings (SSSR count). The maximum absolute atomic E-state index is 4.50. The van der Waals surface area contributed by atoms with Gasteiger partial charge in [0.25, 0.3) is 0 Å². The fourth-order valence-corrected chi connectivity index (χ4v) is 1.83. The first-order valence-electron chi connectivity index (χ1n) is 7.03. The molecule has 0 aromatic carbocycles. The standard InChI is InChI=1S/C14H21N7.HI/c1-3-16-14(18-10-13-19-11-20-21(13)2)17-8-6-12-5-4-7-15-9-12;/h4-5,7,9,11H,3,6,8,10H2,1-2H3,(H2,16,17,18);1H. The Bertz CT molecular complexity index is 568. The van der Waals surface area contributed by atoms with Crippen molar-refractivity contribution in [3.63, 3.8) is 0 Å². The molecule has 0 amide bonds. The lowest BCUT2D eigenvalue weighted by molar-refractivity contribution is 0.697. The number of aryl methyl sites for hydroxylation is 1. The fourth-order valence-electron chi connectivity index (χ4n) is 1.83. The largest absolute Gasteiger partial charge is 0.357 e. The summed E-state index contributed by atoms with van der Waals surface area (Å²) in [6.07, 6.45) is 6.10. The van der Waals surface area contributed by atoms with Crippen LogP contribution in [0.25, 0.3) is 0 Å². The van der Waals surface area contributed by atoms with Gasteiger partial charge in [-0.2, -0.15) is 5.10 Å². The molecule has 8 heteroatoms. The summed E-state index contributed by atoms with van der Waals surface area (Å²) in [7, 11) is 1.86. The number of hydrogen-bond acceptors (Lipinski definition) is 4. The molecule has 2 N–H and O–H groups in total. The molecule has 0 fully saturated rings. The summed E-state index contributed by atoms with van der Waals surface area (Å²) in [6, 6.07) is 4.01. The van der Waals surface area contributed by atoms with E-state index in [1.54, 1.807) is 10.9 Å². The van der Waals surface area contributed by atoms with Crippen molar-refractivity contribution < 1.29 is 0 Å². The van der Waals surface area contributed by atoms with Crippen molar-refractivity contribution in [1.29, 1.82) is 0 Å². The van der Waals surface area contributed by atoms with Gasteiger partial charge in [-0.05, 0) is 25.0 Å². The van der Waals surface area contributed by atoms with Gasteiger partial charge in [-0.1, -0.05) is 6.07 Å². The Labute approximate surface area is 147 Å². The normalized spacial score (nSPS) is 10.9. The summed E-state index contributed by atoms with van der Waals surface area (Å²) in [5.41, 5.74) is 1.20. The minimum atomic E-state index is 0. The maximum atomic E-state index is 4.50. The van der Waals surface area contributed by atoms with Gasteiger partial charge in [-0.3, -0.25) is 9.67 Å². The van der Waals surface area contributed by atoms with E-state index in [-0.39, 0.29) is 24.0 Å². The Balaban J connectivity index is 0.00000242. The first-order chi connectivity index (χ1) is 10.3. The number of halogens is 1. The lowest BCUT2D eigenvalue weighted by Gasteiger charge is -2.11. The van der Waals surface area contributed by atoms with E-state index in [0.29, 0.717) is 6.54 Å². The van der Waals surface area contributed by atoms with Gasteiger partial charge in [-0.25, -0.2) is 9.98 Å². The van der Waals surface area contributed by atoms with E-state index in [1.807, 2.05) is 26.2 Å². The second-order valence-corrected chi connectivity index (χ2v) is 4.53. The summed E-state index contributed by atoms with van der Waals surface area (Å²) in [5, 5.41) is 10.6. The minimum Gasteiger partial charge on any atom is -0.357 e. The van der Waals surface area contributed by atoms with Crippen LogP contribution in [0, 0.1) is 0 Å². The van der Waals surface area contributed by atoms with Crippen molar-refractivity contribution in [2.75, 3.05) is 13.1 Å². The number of aromatic nitrogens is 4. The number of guanidine groups is 1. The Morgan fingerprint density at radius 3 is 2.86 bits per heavy atom. The highest BCUT2D eigenvalue weighted by molar-refractivity contribution is 14.0. The van der Waals surface area contributed by atoms with Gasteiger partial charge in [0.15, 0.2) is 5.96 Å². The summed E-state index contributed by atoms with van der Waals surface area (Å²) in [5.74, 6) is 1.61. The molecule has 0 aliphatic carbocycles. The van der Waals surface area contributed by atoms with Gasteiger partial charge in [0, 0.05) is 32.5 Å². The summed E-state index contributed by atoms with van der Waals surface area (Å²) in [4.78, 5) is 12.8. The monoisotopic (exact) mass is 415 g/mol. The van der Waals surface area contributed by atoms with Crippen LogP contribution in [0.4, 0.5) is 0 Å². The zero-order valence-corrected chi connectivity index (χ0v) is 15.2. The van der Waals surface area contributed by atoms with Crippen molar-refractivity contribution in [3.05, 3.63) is 42.2 Å². The van der Waals surface area contributed by atoms with Gasteiger partial charge in [0.05, 0.1) is 0 Å². The molecular weight excluding hydrogens is 393 g/mol. The van der Waals surface area contributed by atoms with Crippen LogP contribution in [0.5, 0.6) is 0 Å². The molecule has 0 spiro atoms. The number of aliphatic imine (C=N–C) groups is 1. The van der Waals surface area contributed by atoms with Crippen LogP contribution in [-0.2, 0) is 20.0 Å². The first-order valence-corrected chi connectivity index (χ1v) is 7.03. The van der Waals surface area contributed by atoms with Crippen LogP contribution in [0.3, 0.4) is 0 Å². The highest BCUT2D eigenvalue weighted by Gasteiger charge is 2.01. The predicted molar refractivity (Wildman–Crippen MR) is 97.2 cm³/mol. The topological polar surface area (TPSA) is 80.0 Å². The van der Waals surface area contributed by atoms with Gasteiger partial charge < -0.3 is 10.6 Å². The number of nitrogens with zero attached hydrogens (tertiary/aromatic N) is 5. The highest BCUT2D eigenvalue weighted by atomic mass is 127. The molecule has 0 unspecified atom stereocenters.